The van der Waals surface area contributed by atoms with Gasteiger partial charge in [-0.1, -0.05) is 18.2 Å². The van der Waals surface area contributed by atoms with E-state index in [-0.39, 0.29) is 5.91 Å². The Kier molecular flexibility index (Phi) is 3.33. The molecule has 102 valence electrons. The van der Waals surface area contributed by atoms with Crippen molar-refractivity contribution in [3.8, 4) is 0 Å². The van der Waals surface area contributed by atoms with Crippen molar-refractivity contribution in [2.24, 2.45) is 0 Å². The molecule has 3 rings (SSSR count). The number of anilines is 3. The fourth-order valence-electron chi connectivity index (χ4n) is 2.49. The summed E-state index contributed by atoms with van der Waals surface area (Å²) in [4.78, 5) is 13.1. The quantitative estimate of drug-likeness (QED) is 0.909. The van der Waals surface area contributed by atoms with Crippen LogP contribution in [0.15, 0.2) is 36.4 Å². The van der Waals surface area contributed by atoms with E-state index in [9.17, 15) is 4.79 Å². The van der Waals surface area contributed by atoms with Gasteiger partial charge in [-0.05, 0) is 36.6 Å². The number of benzene rings is 1. The van der Waals surface area contributed by atoms with Crippen LogP contribution in [0, 0.1) is 0 Å². The van der Waals surface area contributed by atoms with Crippen molar-refractivity contribution in [1.29, 1.82) is 0 Å². The van der Waals surface area contributed by atoms with E-state index in [1.54, 1.807) is 6.07 Å². The third kappa shape index (κ3) is 2.47. The van der Waals surface area contributed by atoms with Crippen LogP contribution in [0.5, 0.6) is 0 Å². The van der Waals surface area contributed by atoms with Crippen molar-refractivity contribution in [3.63, 3.8) is 0 Å². The van der Waals surface area contributed by atoms with E-state index in [0.29, 0.717) is 5.82 Å². The van der Waals surface area contributed by atoms with E-state index in [4.69, 9.17) is 0 Å². The first-order valence-electron chi connectivity index (χ1n) is 6.71. The van der Waals surface area contributed by atoms with E-state index >= 15 is 0 Å². The topological polar surface area (TPSA) is 58.1 Å². The van der Waals surface area contributed by atoms with Gasteiger partial charge < -0.3 is 10.2 Å². The van der Waals surface area contributed by atoms with Gasteiger partial charge in [0.15, 0.2) is 11.6 Å². The monoisotopic (exact) mass is 268 g/mol. The molecule has 1 aliphatic heterocycles. The van der Waals surface area contributed by atoms with E-state index in [2.05, 4.69) is 38.6 Å². The summed E-state index contributed by atoms with van der Waals surface area (Å²) < 4.78 is 0. The van der Waals surface area contributed by atoms with E-state index in [1.165, 1.54) is 18.2 Å². The molecule has 0 saturated carbocycles. The lowest BCUT2D eigenvalue weighted by Crippen LogP contribution is -2.25. The normalized spacial score (nSPS) is 13.8. The second-order valence-electron chi connectivity index (χ2n) is 4.84. The minimum atomic E-state index is -0.143. The standard InChI is InChI=1S/C15H16N4O/c1-11(20)16-14-8-9-15(18-17-14)19-10-4-6-12-5-2-3-7-13(12)19/h2-3,5,7-9H,4,6,10H2,1H3,(H,16,17,20). The first kappa shape index (κ1) is 12.6. The van der Waals surface area contributed by atoms with Crippen molar-refractivity contribution in [2.45, 2.75) is 19.8 Å². The highest BCUT2D eigenvalue weighted by molar-refractivity contribution is 5.87. The lowest BCUT2D eigenvalue weighted by Gasteiger charge is -2.29. The van der Waals surface area contributed by atoms with Gasteiger partial charge in [-0.2, -0.15) is 0 Å². The van der Waals surface area contributed by atoms with Crippen LogP contribution in [-0.2, 0) is 11.2 Å². The summed E-state index contributed by atoms with van der Waals surface area (Å²) >= 11 is 0. The molecule has 0 atom stereocenters. The van der Waals surface area contributed by atoms with Gasteiger partial charge in [0.05, 0.1) is 0 Å². The van der Waals surface area contributed by atoms with Crippen molar-refractivity contribution >= 4 is 23.2 Å². The second kappa shape index (κ2) is 5.28. The first-order chi connectivity index (χ1) is 9.74. The van der Waals surface area contributed by atoms with Crippen LogP contribution in [0.25, 0.3) is 0 Å². The summed E-state index contributed by atoms with van der Waals surface area (Å²) in [6, 6.07) is 12.0. The number of nitrogens with zero attached hydrogens (tertiary/aromatic N) is 3. The Bertz CT molecular complexity index is 624. The number of carbonyl (C=O) groups excluding carboxylic acids is 1. The number of aryl methyl sites for hydroxylation is 1. The Labute approximate surface area is 117 Å². The highest BCUT2D eigenvalue weighted by Gasteiger charge is 2.18. The minimum Gasteiger partial charge on any atom is -0.325 e. The molecule has 5 heteroatoms. The number of fused-ring (bicyclic) bond motifs is 1. The number of carbonyl (C=O) groups is 1. The van der Waals surface area contributed by atoms with Gasteiger partial charge in [0.2, 0.25) is 5.91 Å². The SMILES string of the molecule is CC(=O)Nc1ccc(N2CCCc3ccccc32)nn1. The van der Waals surface area contributed by atoms with Crippen LogP contribution >= 0.6 is 0 Å². The molecule has 0 aliphatic carbocycles. The summed E-state index contributed by atoms with van der Waals surface area (Å²) in [5.41, 5.74) is 2.53. The van der Waals surface area contributed by atoms with Gasteiger partial charge >= 0.3 is 0 Å². The summed E-state index contributed by atoms with van der Waals surface area (Å²) in [6.07, 6.45) is 2.20. The summed E-state index contributed by atoms with van der Waals surface area (Å²) in [7, 11) is 0. The first-order valence-corrected chi connectivity index (χ1v) is 6.71. The van der Waals surface area contributed by atoms with Crippen molar-refractivity contribution in [1.82, 2.24) is 10.2 Å². The van der Waals surface area contributed by atoms with Crippen LogP contribution < -0.4 is 10.2 Å². The molecule has 2 aromatic rings. The highest BCUT2D eigenvalue weighted by atomic mass is 16.1. The number of rotatable bonds is 2. The maximum atomic E-state index is 11.0. The van der Waals surface area contributed by atoms with Gasteiger partial charge in [-0.15, -0.1) is 10.2 Å². The zero-order valence-electron chi connectivity index (χ0n) is 11.3. The third-order valence-electron chi connectivity index (χ3n) is 3.34. The largest absolute Gasteiger partial charge is 0.325 e. The van der Waals surface area contributed by atoms with Crippen molar-refractivity contribution in [3.05, 3.63) is 42.0 Å². The average molecular weight is 268 g/mol. The maximum absolute atomic E-state index is 11.0. The third-order valence-corrected chi connectivity index (χ3v) is 3.34. The van der Waals surface area contributed by atoms with Gasteiger partial charge in [-0.25, -0.2) is 0 Å². The van der Waals surface area contributed by atoms with Gasteiger partial charge in [0, 0.05) is 19.2 Å². The summed E-state index contributed by atoms with van der Waals surface area (Å²) in [5.74, 6) is 1.15. The second-order valence-corrected chi connectivity index (χ2v) is 4.84. The molecule has 0 fully saturated rings. The Hall–Kier alpha value is -2.43. The molecule has 0 saturated heterocycles. The molecule has 1 amide bonds. The van der Waals surface area contributed by atoms with Crippen LogP contribution in [-0.4, -0.2) is 22.6 Å². The number of hydrogen-bond donors (Lipinski definition) is 1. The number of amides is 1. The number of nitrogens with one attached hydrogen (secondary N) is 1. The molecule has 1 aromatic carbocycles. The molecule has 20 heavy (non-hydrogen) atoms. The number of aromatic nitrogens is 2. The Morgan fingerprint density at radius 2 is 2.05 bits per heavy atom. The Morgan fingerprint density at radius 1 is 1.20 bits per heavy atom. The van der Waals surface area contributed by atoms with Gasteiger partial charge in [0.1, 0.15) is 0 Å². The molecule has 0 spiro atoms. The predicted octanol–water partition coefficient (Wildman–Crippen LogP) is 2.52. The average Bonchev–Trinajstić information content (AvgIpc) is 2.47. The number of para-hydroxylation sites is 1. The van der Waals surface area contributed by atoms with Crippen molar-refractivity contribution < 1.29 is 4.79 Å². The Balaban J connectivity index is 1.88. The van der Waals surface area contributed by atoms with E-state index in [1.807, 2.05) is 12.1 Å². The lowest BCUT2D eigenvalue weighted by molar-refractivity contribution is -0.114. The molecular weight excluding hydrogens is 252 g/mol. The smallest absolute Gasteiger partial charge is 0.222 e. The minimum absolute atomic E-state index is 0.143. The van der Waals surface area contributed by atoms with Crippen LogP contribution in [0.3, 0.4) is 0 Å². The van der Waals surface area contributed by atoms with E-state index < -0.39 is 0 Å². The molecule has 0 unspecified atom stereocenters. The fraction of sp³-hybridized carbons (Fsp3) is 0.267. The van der Waals surface area contributed by atoms with Crippen LogP contribution in [0.2, 0.25) is 0 Å². The Morgan fingerprint density at radius 3 is 2.80 bits per heavy atom. The molecule has 2 heterocycles. The molecular formula is C15H16N4O. The van der Waals surface area contributed by atoms with Gasteiger partial charge in [-0.3, -0.25) is 4.79 Å². The number of hydrogen-bond acceptors (Lipinski definition) is 4. The van der Waals surface area contributed by atoms with E-state index in [0.717, 1.165) is 25.2 Å². The molecule has 1 aromatic heterocycles. The van der Waals surface area contributed by atoms with Crippen LogP contribution in [0.1, 0.15) is 18.9 Å². The lowest BCUT2D eigenvalue weighted by atomic mass is 10.0. The van der Waals surface area contributed by atoms with Gasteiger partial charge in [0.25, 0.3) is 0 Å². The summed E-state index contributed by atoms with van der Waals surface area (Å²) in [5, 5.41) is 10.9. The zero-order chi connectivity index (χ0) is 13.9. The molecule has 0 radical (unpaired) electrons. The molecule has 0 bridgehead atoms. The van der Waals surface area contributed by atoms with Crippen molar-refractivity contribution in [2.75, 3.05) is 16.8 Å². The summed E-state index contributed by atoms with van der Waals surface area (Å²) in [6.45, 7) is 2.39. The molecule has 1 N–H and O–H groups in total. The van der Waals surface area contributed by atoms with Crippen LogP contribution in [0.4, 0.5) is 17.3 Å². The fourth-order valence-corrected chi connectivity index (χ4v) is 2.49. The zero-order valence-corrected chi connectivity index (χ0v) is 11.3. The highest BCUT2D eigenvalue weighted by Crippen LogP contribution is 2.31. The maximum Gasteiger partial charge on any atom is 0.222 e. The predicted molar refractivity (Wildman–Crippen MR) is 78.1 cm³/mol. The molecule has 1 aliphatic rings. The molecule has 5 nitrogen and oxygen atoms in total.